The van der Waals surface area contributed by atoms with Gasteiger partial charge in [0, 0.05) is 39.9 Å². The summed E-state index contributed by atoms with van der Waals surface area (Å²) < 4.78 is 7.05. The monoisotopic (exact) mass is 343 g/mol. The highest BCUT2D eigenvalue weighted by Crippen LogP contribution is 2.12. The van der Waals surface area contributed by atoms with E-state index in [-0.39, 0.29) is 0 Å². The molecule has 2 aromatic rings. The van der Waals surface area contributed by atoms with Crippen LogP contribution in [0.25, 0.3) is 0 Å². The lowest BCUT2D eigenvalue weighted by atomic mass is 10.2. The van der Waals surface area contributed by atoms with Crippen molar-refractivity contribution in [1.82, 2.24) is 20.0 Å². The highest BCUT2D eigenvalue weighted by atomic mass is 16.5. The first-order chi connectivity index (χ1) is 12.1. The summed E-state index contributed by atoms with van der Waals surface area (Å²) in [6, 6.07) is 8.14. The van der Waals surface area contributed by atoms with E-state index in [0.717, 1.165) is 44.2 Å². The minimum absolute atomic E-state index is 0.796. The van der Waals surface area contributed by atoms with Crippen LogP contribution in [0.2, 0.25) is 0 Å². The third-order valence-corrected chi connectivity index (χ3v) is 3.92. The molecular weight excluding hydrogens is 314 g/mol. The predicted molar refractivity (Wildman–Crippen MR) is 102 cm³/mol. The van der Waals surface area contributed by atoms with Crippen molar-refractivity contribution < 1.29 is 4.74 Å². The van der Waals surface area contributed by atoms with Crippen LogP contribution in [0.4, 0.5) is 0 Å². The minimum atomic E-state index is 0.796. The average Bonchev–Trinajstić information content (AvgIpc) is 3.03. The molecule has 0 aliphatic carbocycles. The van der Waals surface area contributed by atoms with Crippen LogP contribution in [0, 0.1) is 0 Å². The number of ether oxygens (including phenoxy) is 1. The van der Waals surface area contributed by atoms with Gasteiger partial charge in [0.25, 0.3) is 0 Å². The predicted octanol–water partition coefficient (Wildman–Crippen LogP) is 2.46. The Kier molecular flexibility index (Phi) is 7.32. The molecule has 0 saturated heterocycles. The van der Waals surface area contributed by atoms with Crippen LogP contribution in [-0.4, -0.2) is 47.9 Å². The summed E-state index contributed by atoms with van der Waals surface area (Å²) in [4.78, 5) is 6.89. The first-order valence-corrected chi connectivity index (χ1v) is 8.72. The van der Waals surface area contributed by atoms with Crippen molar-refractivity contribution >= 4 is 5.96 Å². The Morgan fingerprint density at radius 3 is 2.64 bits per heavy atom. The van der Waals surface area contributed by atoms with Gasteiger partial charge < -0.3 is 15.0 Å². The van der Waals surface area contributed by atoms with E-state index in [9.17, 15) is 0 Å². The summed E-state index contributed by atoms with van der Waals surface area (Å²) in [7, 11) is 5.69. The topological polar surface area (TPSA) is 54.7 Å². The number of guanidine groups is 1. The highest BCUT2D eigenvalue weighted by molar-refractivity contribution is 5.79. The van der Waals surface area contributed by atoms with Gasteiger partial charge in [-0.1, -0.05) is 12.1 Å². The molecule has 1 heterocycles. The SMILES string of the molecule is CCNC(=NCCCc1cnn(C)c1)N(C)Cc1ccc(OC)cc1. The van der Waals surface area contributed by atoms with Crippen molar-refractivity contribution in [3.63, 3.8) is 0 Å². The van der Waals surface area contributed by atoms with Crippen molar-refractivity contribution in [3.8, 4) is 5.75 Å². The van der Waals surface area contributed by atoms with Gasteiger partial charge in [-0.15, -0.1) is 0 Å². The maximum atomic E-state index is 5.21. The number of aryl methyl sites for hydroxylation is 2. The molecule has 0 bridgehead atoms. The van der Waals surface area contributed by atoms with Crippen LogP contribution in [0.5, 0.6) is 5.75 Å². The fourth-order valence-corrected chi connectivity index (χ4v) is 2.62. The number of nitrogens with one attached hydrogen (secondary N) is 1. The number of hydrogen-bond acceptors (Lipinski definition) is 3. The average molecular weight is 343 g/mol. The molecule has 0 aliphatic heterocycles. The Morgan fingerprint density at radius 1 is 1.28 bits per heavy atom. The number of aromatic nitrogens is 2. The van der Waals surface area contributed by atoms with Crippen LogP contribution >= 0.6 is 0 Å². The molecule has 1 aromatic carbocycles. The Hall–Kier alpha value is -2.50. The van der Waals surface area contributed by atoms with E-state index in [2.05, 4.69) is 47.6 Å². The molecule has 0 amide bonds. The Labute approximate surface area is 150 Å². The second kappa shape index (κ2) is 9.71. The van der Waals surface area contributed by atoms with Crippen molar-refractivity contribution in [2.45, 2.75) is 26.3 Å². The maximum absolute atomic E-state index is 5.21. The molecule has 6 nitrogen and oxygen atoms in total. The number of benzene rings is 1. The standard InChI is InChI=1S/C19H29N5O/c1-5-20-19(21-12-6-7-17-13-22-24(3)15-17)23(2)14-16-8-10-18(25-4)11-9-16/h8-11,13,15H,5-7,12,14H2,1-4H3,(H,20,21). The summed E-state index contributed by atoms with van der Waals surface area (Å²) >= 11 is 0. The van der Waals surface area contributed by atoms with Crippen molar-refractivity contribution in [2.24, 2.45) is 12.0 Å². The lowest BCUT2D eigenvalue weighted by molar-refractivity contribution is 0.414. The number of methoxy groups -OCH3 is 1. The van der Waals surface area contributed by atoms with Gasteiger partial charge in [-0.05, 0) is 43.0 Å². The van der Waals surface area contributed by atoms with Crippen LogP contribution in [0.1, 0.15) is 24.5 Å². The molecule has 136 valence electrons. The second-order valence-electron chi connectivity index (χ2n) is 6.07. The summed E-state index contributed by atoms with van der Waals surface area (Å²) in [5.41, 5.74) is 2.48. The van der Waals surface area contributed by atoms with Gasteiger partial charge >= 0.3 is 0 Å². The number of rotatable bonds is 8. The van der Waals surface area contributed by atoms with E-state index in [4.69, 9.17) is 9.73 Å². The highest BCUT2D eigenvalue weighted by Gasteiger charge is 2.06. The van der Waals surface area contributed by atoms with Crippen LogP contribution < -0.4 is 10.1 Å². The maximum Gasteiger partial charge on any atom is 0.193 e. The van der Waals surface area contributed by atoms with Gasteiger partial charge in [-0.3, -0.25) is 9.67 Å². The third kappa shape index (κ3) is 6.14. The lowest BCUT2D eigenvalue weighted by Crippen LogP contribution is -2.38. The number of nitrogens with zero attached hydrogens (tertiary/aromatic N) is 4. The van der Waals surface area contributed by atoms with Crippen LogP contribution in [0.15, 0.2) is 41.7 Å². The van der Waals surface area contributed by atoms with E-state index in [1.54, 1.807) is 7.11 Å². The Morgan fingerprint density at radius 2 is 2.04 bits per heavy atom. The molecule has 2 rings (SSSR count). The van der Waals surface area contributed by atoms with E-state index >= 15 is 0 Å². The van der Waals surface area contributed by atoms with Crippen molar-refractivity contribution in [1.29, 1.82) is 0 Å². The Bertz CT molecular complexity index is 663. The molecule has 0 fully saturated rings. The molecule has 0 spiro atoms. The molecule has 1 N–H and O–H groups in total. The molecular formula is C19H29N5O. The summed E-state index contributed by atoms with van der Waals surface area (Å²) in [5.74, 6) is 1.81. The van der Waals surface area contributed by atoms with Crippen LogP contribution in [0.3, 0.4) is 0 Å². The normalized spacial score (nSPS) is 11.4. The first kappa shape index (κ1) is 18.8. The zero-order valence-corrected chi connectivity index (χ0v) is 15.7. The minimum Gasteiger partial charge on any atom is -0.497 e. The van der Waals surface area contributed by atoms with E-state index in [1.165, 1.54) is 11.1 Å². The quantitative estimate of drug-likeness (QED) is 0.454. The van der Waals surface area contributed by atoms with Gasteiger partial charge in [0.05, 0.1) is 13.3 Å². The number of aliphatic imine (C=N–C) groups is 1. The molecule has 0 saturated carbocycles. The second-order valence-corrected chi connectivity index (χ2v) is 6.07. The molecule has 0 atom stereocenters. The van der Waals surface area contributed by atoms with E-state index < -0.39 is 0 Å². The van der Waals surface area contributed by atoms with Gasteiger partial charge in [0.15, 0.2) is 5.96 Å². The molecule has 0 aliphatic rings. The first-order valence-electron chi connectivity index (χ1n) is 8.72. The fraction of sp³-hybridized carbons (Fsp3) is 0.474. The number of hydrogen-bond donors (Lipinski definition) is 1. The largest absolute Gasteiger partial charge is 0.497 e. The summed E-state index contributed by atoms with van der Waals surface area (Å²) in [6.45, 7) is 4.55. The van der Waals surface area contributed by atoms with Crippen molar-refractivity contribution in [3.05, 3.63) is 47.8 Å². The Balaban J connectivity index is 1.87. The smallest absolute Gasteiger partial charge is 0.193 e. The summed E-state index contributed by atoms with van der Waals surface area (Å²) in [5, 5.41) is 7.56. The van der Waals surface area contributed by atoms with Gasteiger partial charge in [0.2, 0.25) is 0 Å². The fourth-order valence-electron chi connectivity index (χ4n) is 2.62. The van der Waals surface area contributed by atoms with Crippen LogP contribution in [-0.2, 0) is 20.0 Å². The van der Waals surface area contributed by atoms with Crippen molar-refractivity contribution in [2.75, 3.05) is 27.2 Å². The van der Waals surface area contributed by atoms with Gasteiger partial charge in [-0.2, -0.15) is 5.10 Å². The summed E-state index contributed by atoms with van der Waals surface area (Å²) in [6.07, 6.45) is 5.99. The molecule has 6 heteroatoms. The molecule has 0 radical (unpaired) electrons. The third-order valence-electron chi connectivity index (χ3n) is 3.92. The molecule has 25 heavy (non-hydrogen) atoms. The van der Waals surface area contributed by atoms with Gasteiger partial charge in [0.1, 0.15) is 5.75 Å². The van der Waals surface area contributed by atoms with E-state index in [1.807, 2.05) is 30.1 Å². The van der Waals surface area contributed by atoms with Gasteiger partial charge in [-0.25, -0.2) is 0 Å². The zero-order chi connectivity index (χ0) is 18.1. The zero-order valence-electron chi connectivity index (χ0n) is 15.7. The molecule has 0 unspecified atom stereocenters. The van der Waals surface area contributed by atoms with E-state index in [0.29, 0.717) is 0 Å². The molecule has 1 aromatic heterocycles. The lowest BCUT2D eigenvalue weighted by Gasteiger charge is -2.22.